The van der Waals surface area contributed by atoms with Crippen LogP contribution in [0.15, 0.2) is 30.3 Å². The first-order chi connectivity index (χ1) is 10.9. The minimum absolute atomic E-state index is 0. The maximum Gasteiger partial charge on any atom is 1.00 e. The third-order valence-corrected chi connectivity index (χ3v) is 6.77. The topological polar surface area (TPSA) is 89.5 Å². The number of nitrogens with one attached hydrogen (secondary N) is 1. The maximum absolute atomic E-state index is 12.3. The molecule has 0 radical (unpaired) electrons. The number of hydrogen-bond donors (Lipinski definition) is 1. The molecular weight excluding hydrogens is 355 g/mol. The largest absolute Gasteiger partial charge is 1.00 e. The summed E-state index contributed by atoms with van der Waals surface area (Å²) >= 11 is 1.45. The SMILES string of the molecule is C[C@@]12C[C@]1(C(=O)[O-])N1C(=O)[C@@H](NC(=O)Cc3ccccc3)[C@H]1S2.[K+]. The van der Waals surface area contributed by atoms with Gasteiger partial charge in [0.1, 0.15) is 11.4 Å². The van der Waals surface area contributed by atoms with Crippen molar-refractivity contribution in [3.8, 4) is 0 Å². The second-order valence-electron chi connectivity index (χ2n) is 6.48. The Balaban J connectivity index is 0.00000169. The van der Waals surface area contributed by atoms with Crippen LogP contribution in [0.1, 0.15) is 18.9 Å². The number of carboxylic acids is 1. The first kappa shape index (κ1) is 18.4. The van der Waals surface area contributed by atoms with Gasteiger partial charge in [0.25, 0.3) is 0 Å². The van der Waals surface area contributed by atoms with Crippen LogP contribution in [-0.2, 0) is 20.8 Å². The quantitative estimate of drug-likeness (QED) is 0.435. The van der Waals surface area contributed by atoms with Gasteiger partial charge in [-0.2, -0.15) is 0 Å². The molecule has 2 saturated heterocycles. The van der Waals surface area contributed by atoms with E-state index in [0.717, 1.165) is 5.56 Å². The van der Waals surface area contributed by atoms with Gasteiger partial charge in [0.2, 0.25) is 11.8 Å². The fraction of sp³-hybridized carbons (Fsp3) is 0.438. The molecule has 2 heterocycles. The van der Waals surface area contributed by atoms with Crippen molar-refractivity contribution in [3.05, 3.63) is 35.9 Å². The van der Waals surface area contributed by atoms with E-state index in [1.54, 1.807) is 0 Å². The Bertz CT molecular complexity index is 730. The number of β-lactam (4-membered cyclic amide) rings is 1. The van der Waals surface area contributed by atoms with Crippen LogP contribution in [0.25, 0.3) is 0 Å². The van der Waals surface area contributed by atoms with E-state index in [-0.39, 0.29) is 75.0 Å². The molecule has 3 aliphatic rings. The number of thioether (sulfide) groups is 1. The summed E-state index contributed by atoms with van der Waals surface area (Å²) in [5.74, 6) is -1.75. The molecule has 1 aliphatic carbocycles. The fourth-order valence-electron chi connectivity index (χ4n) is 3.71. The van der Waals surface area contributed by atoms with Crippen LogP contribution < -0.4 is 61.8 Å². The zero-order valence-corrected chi connectivity index (χ0v) is 17.4. The van der Waals surface area contributed by atoms with Crippen LogP contribution in [0.2, 0.25) is 0 Å². The van der Waals surface area contributed by atoms with Gasteiger partial charge < -0.3 is 20.1 Å². The van der Waals surface area contributed by atoms with E-state index >= 15 is 0 Å². The van der Waals surface area contributed by atoms with Crippen LogP contribution in [0.4, 0.5) is 0 Å². The number of rotatable bonds is 4. The summed E-state index contributed by atoms with van der Waals surface area (Å²) in [6.45, 7) is 1.84. The van der Waals surface area contributed by atoms with E-state index in [4.69, 9.17) is 0 Å². The van der Waals surface area contributed by atoms with E-state index in [2.05, 4.69) is 5.32 Å². The van der Waals surface area contributed by atoms with E-state index in [0.29, 0.717) is 6.42 Å². The second-order valence-corrected chi connectivity index (χ2v) is 8.10. The molecule has 2 amide bonds. The minimum atomic E-state index is -1.20. The number of benzene rings is 1. The summed E-state index contributed by atoms with van der Waals surface area (Å²) in [4.78, 5) is 37.3. The van der Waals surface area contributed by atoms with Crippen LogP contribution in [0.3, 0.4) is 0 Å². The molecule has 24 heavy (non-hydrogen) atoms. The van der Waals surface area contributed by atoms with Crippen molar-refractivity contribution in [2.45, 2.75) is 41.5 Å². The first-order valence-electron chi connectivity index (χ1n) is 7.45. The van der Waals surface area contributed by atoms with Crippen molar-refractivity contribution in [1.82, 2.24) is 10.2 Å². The van der Waals surface area contributed by atoms with Gasteiger partial charge in [-0.25, -0.2) is 0 Å². The summed E-state index contributed by atoms with van der Waals surface area (Å²) in [7, 11) is 0. The van der Waals surface area contributed by atoms with Crippen molar-refractivity contribution in [2.75, 3.05) is 0 Å². The van der Waals surface area contributed by atoms with E-state index in [9.17, 15) is 19.5 Å². The molecule has 3 fully saturated rings. The zero-order valence-electron chi connectivity index (χ0n) is 13.4. The number of aliphatic carboxylic acids is 1. The van der Waals surface area contributed by atoms with Crippen molar-refractivity contribution < 1.29 is 70.9 Å². The molecule has 4 atom stereocenters. The van der Waals surface area contributed by atoms with Crippen molar-refractivity contribution in [1.29, 1.82) is 0 Å². The average Bonchev–Trinajstić information content (AvgIpc) is 3.04. The second kappa shape index (κ2) is 6.10. The van der Waals surface area contributed by atoms with Crippen LogP contribution in [-0.4, -0.2) is 44.4 Å². The molecule has 0 aromatic heterocycles. The Morgan fingerprint density at radius 2 is 2.04 bits per heavy atom. The molecule has 0 bridgehead atoms. The van der Waals surface area contributed by atoms with Crippen LogP contribution in [0, 0.1) is 0 Å². The molecule has 0 spiro atoms. The summed E-state index contributed by atoms with van der Waals surface area (Å²) in [5, 5.41) is 13.9. The van der Waals surface area contributed by atoms with Crippen molar-refractivity contribution in [2.24, 2.45) is 0 Å². The Kier molecular flexibility index (Phi) is 4.68. The number of nitrogens with zero attached hydrogens (tertiary/aromatic N) is 1. The third kappa shape index (κ3) is 2.42. The third-order valence-electron chi connectivity index (χ3n) is 5.04. The van der Waals surface area contributed by atoms with Crippen molar-refractivity contribution >= 4 is 29.5 Å². The molecule has 1 aromatic carbocycles. The number of hydrogen-bond acceptors (Lipinski definition) is 5. The van der Waals surface area contributed by atoms with Crippen molar-refractivity contribution in [3.63, 3.8) is 0 Å². The predicted octanol–water partition coefficient (Wildman–Crippen LogP) is -3.72. The predicted molar refractivity (Wildman–Crippen MR) is 81.1 cm³/mol. The van der Waals surface area contributed by atoms with Gasteiger partial charge in [0.15, 0.2) is 0 Å². The van der Waals surface area contributed by atoms with Gasteiger partial charge in [-0.3, -0.25) is 9.59 Å². The van der Waals surface area contributed by atoms with E-state index < -0.39 is 22.3 Å². The Hall–Kier alpha value is -0.384. The maximum atomic E-state index is 12.3. The zero-order chi connectivity index (χ0) is 16.4. The van der Waals surface area contributed by atoms with E-state index in [1.807, 2.05) is 37.3 Å². The van der Waals surface area contributed by atoms with Crippen LogP contribution in [0.5, 0.6) is 0 Å². The summed E-state index contributed by atoms with van der Waals surface area (Å²) in [6, 6.07) is 8.63. The first-order valence-corrected chi connectivity index (χ1v) is 8.33. The molecule has 1 aromatic rings. The number of fused-ring (bicyclic) bond motifs is 3. The molecule has 1 saturated carbocycles. The molecule has 8 heteroatoms. The standard InChI is InChI=1S/C16H16N2O4S.K/c1-15-8-16(15,14(21)22)18-12(20)11(13(18)23-15)17-10(19)7-9-5-3-2-4-6-9;/h2-6,11,13H,7-8H2,1H3,(H,17,19)(H,21,22);/q;+1/p-1/t11-,13-,15-,16-;/m1./s1. The summed E-state index contributed by atoms with van der Waals surface area (Å²) < 4.78 is -0.495. The van der Waals surface area contributed by atoms with Gasteiger partial charge in [0, 0.05) is 4.75 Å². The molecule has 120 valence electrons. The minimum Gasteiger partial charge on any atom is -0.548 e. The molecule has 6 nitrogen and oxygen atoms in total. The normalized spacial score (nSPS) is 35.2. The molecule has 1 N–H and O–H groups in total. The van der Waals surface area contributed by atoms with Gasteiger partial charge >= 0.3 is 51.4 Å². The number of carbonyl (C=O) groups excluding carboxylic acids is 3. The van der Waals surface area contributed by atoms with Gasteiger partial charge in [-0.1, -0.05) is 30.3 Å². The van der Waals surface area contributed by atoms with Gasteiger partial charge in [-0.15, -0.1) is 11.8 Å². The number of amides is 2. The van der Waals surface area contributed by atoms with Crippen LogP contribution >= 0.6 is 11.8 Å². The smallest absolute Gasteiger partial charge is 0.548 e. The summed E-state index contributed by atoms with van der Waals surface area (Å²) in [5.41, 5.74) is -0.311. The number of carboxylic acid groups (broad SMARTS) is 1. The molecule has 4 rings (SSSR count). The molecular formula is C16H15KN2O4S. The summed E-state index contributed by atoms with van der Waals surface area (Å²) in [6.07, 6.45) is 0.616. The monoisotopic (exact) mass is 370 g/mol. The Morgan fingerprint density at radius 1 is 1.38 bits per heavy atom. The van der Waals surface area contributed by atoms with E-state index in [1.165, 1.54) is 16.7 Å². The average molecular weight is 370 g/mol. The number of carbonyl (C=O) groups is 3. The fourth-order valence-corrected chi connectivity index (χ4v) is 5.62. The van der Waals surface area contributed by atoms with Gasteiger partial charge in [0.05, 0.1) is 17.9 Å². The Morgan fingerprint density at radius 3 is 2.67 bits per heavy atom. The van der Waals surface area contributed by atoms with Gasteiger partial charge in [-0.05, 0) is 18.9 Å². The molecule has 0 unspecified atom stereocenters. The Labute approximate surface area is 186 Å². The molecule has 2 aliphatic heterocycles.